The van der Waals surface area contributed by atoms with Gasteiger partial charge >= 0.3 is 0 Å². The molecule has 0 aliphatic rings. The van der Waals surface area contributed by atoms with Crippen LogP contribution in [0, 0.1) is 0 Å². The van der Waals surface area contributed by atoms with Gasteiger partial charge in [0.1, 0.15) is 10.5 Å². The lowest BCUT2D eigenvalue weighted by molar-refractivity contribution is 1.02. The second-order valence-electron chi connectivity index (χ2n) is 8.99. The molecular weight excluding hydrogens is 474 g/mol. The predicted molar refractivity (Wildman–Crippen MR) is 152 cm³/mol. The Morgan fingerprint density at radius 3 is 2.38 bits per heavy atom. The van der Waals surface area contributed by atoms with Gasteiger partial charge in [0, 0.05) is 39.6 Å². The summed E-state index contributed by atoms with van der Waals surface area (Å²) < 4.78 is 4.45. The number of fused-ring (bicyclic) bond motifs is 6. The maximum Gasteiger partial charge on any atom is 0.236 e. The number of thiophene rings is 1. The van der Waals surface area contributed by atoms with Crippen molar-refractivity contribution >= 4 is 54.3 Å². The first-order valence-electron chi connectivity index (χ1n) is 12.1. The summed E-state index contributed by atoms with van der Waals surface area (Å²) in [6, 6.07) is 33.6. The van der Waals surface area contributed by atoms with Crippen LogP contribution in [0.2, 0.25) is 0 Å². The summed E-state index contributed by atoms with van der Waals surface area (Å²) in [6.07, 6.45) is 3.95. The summed E-state index contributed by atoms with van der Waals surface area (Å²) in [5, 5.41) is 6.62. The van der Waals surface area contributed by atoms with Gasteiger partial charge in [0.05, 0.1) is 22.2 Å². The Kier molecular flexibility index (Phi) is 4.32. The molecule has 0 radical (unpaired) electrons. The zero-order chi connectivity index (χ0) is 24.3. The monoisotopic (exact) mass is 493 g/mol. The average Bonchev–Trinajstić information content (AvgIpc) is 3.69. The van der Waals surface area contributed by atoms with E-state index in [1.807, 2.05) is 30.5 Å². The topological polar surface area (TPSA) is 48.5 Å². The third-order valence-corrected chi connectivity index (χ3v) is 7.76. The fourth-order valence-corrected chi connectivity index (χ4v) is 6.10. The summed E-state index contributed by atoms with van der Waals surface area (Å²) in [7, 11) is 0. The molecule has 5 nitrogen and oxygen atoms in total. The molecule has 3 aromatic carbocycles. The van der Waals surface area contributed by atoms with Crippen LogP contribution in [0.3, 0.4) is 0 Å². The van der Waals surface area contributed by atoms with Crippen molar-refractivity contribution in [2.45, 2.75) is 0 Å². The molecule has 0 bridgehead atoms. The highest BCUT2D eigenvalue weighted by Crippen LogP contribution is 2.38. The van der Waals surface area contributed by atoms with E-state index in [9.17, 15) is 0 Å². The van der Waals surface area contributed by atoms with E-state index in [2.05, 4.69) is 98.5 Å². The highest BCUT2D eigenvalue weighted by atomic mass is 32.1. The van der Waals surface area contributed by atoms with Crippen molar-refractivity contribution in [1.82, 2.24) is 24.1 Å². The Balaban J connectivity index is 1.50. The van der Waals surface area contributed by atoms with Gasteiger partial charge in [-0.3, -0.25) is 9.55 Å². The van der Waals surface area contributed by atoms with Crippen LogP contribution < -0.4 is 0 Å². The van der Waals surface area contributed by atoms with Gasteiger partial charge in [0.2, 0.25) is 5.95 Å². The average molecular weight is 494 g/mol. The standard InChI is InChI=1S/C31H19N5S/c1-2-8-20(9-3-1)35-18-15-23-26(35)14-13-22-21-10-4-5-12-27(21)36(29(22)23)31-33-28(25-11-6-7-17-32-25)24-16-19-37-30(24)34-31/h1-19H. The van der Waals surface area contributed by atoms with Gasteiger partial charge in [-0.15, -0.1) is 11.3 Å². The molecule has 0 aliphatic carbocycles. The van der Waals surface area contributed by atoms with E-state index < -0.39 is 0 Å². The maximum atomic E-state index is 5.15. The van der Waals surface area contributed by atoms with Crippen LogP contribution in [-0.4, -0.2) is 24.1 Å². The largest absolute Gasteiger partial charge is 0.316 e. The molecule has 0 spiro atoms. The van der Waals surface area contributed by atoms with Crippen molar-refractivity contribution in [1.29, 1.82) is 0 Å². The van der Waals surface area contributed by atoms with E-state index in [4.69, 9.17) is 9.97 Å². The smallest absolute Gasteiger partial charge is 0.236 e. The summed E-state index contributed by atoms with van der Waals surface area (Å²) in [4.78, 5) is 15.8. The molecule has 5 heterocycles. The number of hydrogen-bond donors (Lipinski definition) is 0. The SMILES string of the molecule is c1ccc(-n2ccc3c2ccc2c4ccccc4n(-c4nc(-c5ccccn5)c5ccsc5n4)c23)cc1. The molecule has 174 valence electrons. The third kappa shape index (κ3) is 3.00. The summed E-state index contributed by atoms with van der Waals surface area (Å²) in [5.41, 5.74) is 6.16. The molecule has 0 unspecified atom stereocenters. The van der Waals surface area contributed by atoms with Crippen LogP contribution in [0.4, 0.5) is 0 Å². The molecule has 0 amide bonds. The fraction of sp³-hybridized carbons (Fsp3) is 0. The quantitative estimate of drug-likeness (QED) is 0.252. The highest BCUT2D eigenvalue weighted by Gasteiger charge is 2.20. The van der Waals surface area contributed by atoms with Crippen LogP contribution in [0.1, 0.15) is 0 Å². The van der Waals surface area contributed by atoms with Gasteiger partial charge in [0.25, 0.3) is 0 Å². The number of para-hydroxylation sites is 2. The predicted octanol–water partition coefficient (Wildman–Crippen LogP) is 7.79. The first-order chi connectivity index (χ1) is 18.4. The summed E-state index contributed by atoms with van der Waals surface area (Å²) in [6.45, 7) is 0. The molecule has 6 heteroatoms. The van der Waals surface area contributed by atoms with Crippen LogP contribution >= 0.6 is 11.3 Å². The Labute approximate surface area is 215 Å². The molecule has 8 aromatic rings. The maximum absolute atomic E-state index is 5.15. The second kappa shape index (κ2) is 7.85. The number of hydrogen-bond acceptors (Lipinski definition) is 4. The van der Waals surface area contributed by atoms with Gasteiger partial charge in [-0.05, 0) is 53.9 Å². The number of benzene rings is 3. The van der Waals surface area contributed by atoms with Gasteiger partial charge < -0.3 is 4.57 Å². The minimum atomic E-state index is 0.654. The van der Waals surface area contributed by atoms with E-state index in [1.54, 1.807) is 11.3 Å². The molecule has 0 saturated carbocycles. The van der Waals surface area contributed by atoms with Crippen molar-refractivity contribution in [3.63, 3.8) is 0 Å². The van der Waals surface area contributed by atoms with E-state index >= 15 is 0 Å². The molecule has 8 rings (SSSR count). The second-order valence-corrected chi connectivity index (χ2v) is 9.89. The molecule has 0 saturated heterocycles. The molecule has 5 aromatic heterocycles. The van der Waals surface area contributed by atoms with Crippen molar-refractivity contribution < 1.29 is 0 Å². The lowest BCUT2D eigenvalue weighted by Crippen LogP contribution is -2.03. The van der Waals surface area contributed by atoms with E-state index in [1.165, 1.54) is 10.8 Å². The fourth-order valence-electron chi connectivity index (χ4n) is 5.34. The normalized spacial score (nSPS) is 11.8. The van der Waals surface area contributed by atoms with Crippen LogP contribution in [0.15, 0.2) is 115 Å². The Hall–Kier alpha value is -4.81. The van der Waals surface area contributed by atoms with Crippen LogP contribution in [0.5, 0.6) is 0 Å². The van der Waals surface area contributed by atoms with Crippen molar-refractivity contribution in [3.8, 4) is 23.0 Å². The minimum absolute atomic E-state index is 0.654. The first kappa shape index (κ1) is 20.4. The van der Waals surface area contributed by atoms with Gasteiger partial charge in [-0.1, -0.05) is 48.5 Å². The first-order valence-corrected chi connectivity index (χ1v) is 13.0. The van der Waals surface area contributed by atoms with Gasteiger partial charge in [-0.2, -0.15) is 0 Å². The van der Waals surface area contributed by atoms with Crippen LogP contribution in [-0.2, 0) is 0 Å². The number of nitrogens with zero attached hydrogens (tertiary/aromatic N) is 5. The molecule has 0 aliphatic heterocycles. The number of pyridine rings is 1. The van der Waals surface area contributed by atoms with Gasteiger partial charge in [0.15, 0.2) is 0 Å². The molecule has 0 N–H and O–H groups in total. The number of rotatable bonds is 3. The summed E-state index contributed by atoms with van der Waals surface area (Å²) >= 11 is 1.63. The minimum Gasteiger partial charge on any atom is -0.316 e. The van der Waals surface area contributed by atoms with E-state index in [-0.39, 0.29) is 0 Å². The van der Waals surface area contributed by atoms with Crippen molar-refractivity contribution in [2.75, 3.05) is 0 Å². The highest BCUT2D eigenvalue weighted by molar-refractivity contribution is 7.16. The van der Waals surface area contributed by atoms with E-state index in [0.29, 0.717) is 5.95 Å². The van der Waals surface area contributed by atoms with Crippen LogP contribution in [0.25, 0.3) is 65.9 Å². The molecule has 0 atom stereocenters. The summed E-state index contributed by atoms with van der Waals surface area (Å²) in [5.74, 6) is 0.654. The molecule has 0 fully saturated rings. The number of aromatic nitrogens is 5. The zero-order valence-electron chi connectivity index (χ0n) is 19.6. The Morgan fingerprint density at radius 1 is 0.622 bits per heavy atom. The van der Waals surface area contributed by atoms with Crippen molar-refractivity contribution in [3.05, 3.63) is 115 Å². The van der Waals surface area contributed by atoms with Crippen molar-refractivity contribution in [2.24, 2.45) is 0 Å². The molecule has 37 heavy (non-hydrogen) atoms. The lowest BCUT2D eigenvalue weighted by atomic mass is 10.1. The van der Waals surface area contributed by atoms with E-state index in [0.717, 1.165) is 49.2 Å². The Bertz CT molecular complexity index is 2090. The third-order valence-electron chi connectivity index (χ3n) is 6.96. The lowest BCUT2D eigenvalue weighted by Gasteiger charge is -2.10. The Morgan fingerprint density at radius 2 is 1.49 bits per heavy atom. The zero-order valence-corrected chi connectivity index (χ0v) is 20.4. The van der Waals surface area contributed by atoms with Gasteiger partial charge in [-0.25, -0.2) is 9.97 Å². The molecular formula is C31H19N5S.